The van der Waals surface area contributed by atoms with Gasteiger partial charge in [-0.15, -0.1) is 0 Å². The molecule has 1 aromatic rings. The van der Waals surface area contributed by atoms with E-state index in [0.29, 0.717) is 12.0 Å². The van der Waals surface area contributed by atoms with E-state index in [1.807, 2.05) is 0 Å². The monoisotopic (exact) mass is 202 g/mol. The fourth-order valence-electron chi connectivity index (χ4n) is 2.06. The molecule has 80 valence electrons. The molecule has 0 radical (unpaired) electrons. The van der Waals surface area contributed by atoms with E-state index in [0.717, 1.165) is 12.8 Å². The Bertz CT molecular complexity index is 338. The second-order valence-electron chi connectivity index (χ2n) is 4.38. The zero-order valence-electron chi connectivity index (χ0n) is 9.44. The van der Waals surface area contributed by atoms with Crippen LogP contribution in [-0.2, 0) is 4.74 Å². The maximum Gasteiger partial charge on any atom is 0.0930 e. The van der Waals surface area contributed by atoms with Crippen LogP contribution in [0.3, 0.4) is 0 Å². The molecule has 0 saturated carbocycles. The fourth-order valence-corrected chi connectivity index (χ4v) is 2.06. The highest BCUT2D eigenvalue weighted by Gasteiger charge is 2.19. The summed E-state index contributed by atoms with van der Waals surface area (Å²) in [5.74, 6) is 1.79. The lowest BCUT2D eigenvalue weighted by Gasteiger charge is -2.13. The molecular weight excluding hydrogens is 184 g/mol. The molecule has 0 heterocycles. The first kappa shape index (κ1) is 10.3. The molecule has 1 aliphatic rings. The minimum atomic E-state index is 0.297. The van der Waals surface area contributed by atoms with Crippen molar-refractivity contribution in [1.82, 2.24) is 0 Å². The van der Waals surface area contributed by atoms with Crippen LogP contribution >= 0.6 is 0 Å². The zero-order valence-corrected chi connectivity index (χ0v) is 9.44. The van der Waals surface area contributed by atoms with E-state index in [4.69, 9.17) is 4.74 Å². The summed E-state index contributed by atoms with van der Waals surface area (Å²) >= 11 is 0. The van der Waals surface area contributed by atoms with Gasteiger partial charge in [0.05, 0.1) is 11.9 Å². The van der Waals surface area contributed by atoms with E-state index >= 15 is 0 Å². The minimum absolute atomic E-state index is 0.297. The summed E-state index contributed by atoms with van der Waals surface area (Å²) in [4.78, 5) is 0. The van der Waals surface area contributed by atoms with Gasteiger partial charge in [0.15, 0.2) is 0 Å². The summed E-state index contributed by atoms with van der Waals surface area (Å²) in [5, 5.41) is 0. The fraction of sp³-hybridized carbons (Fsp3) is 0.429. The van der Waals surface area contributed by atoms with Crippen LogP contribution in [0.15, 0.2) is 42.2 Å². The lowest BCUT2D eigenvalue weighted by atomic mass is 9.97. The Balaban J connectivity index is 1.96. The number of hydrogen-bond acceptors (Lipinski definition) is 1. The Hall–Kier alpha value is -1.24. The van der Waals surface area contributed by atoms with Gasteiger partial charge in [-0.3, -0.25) is 0 Å². The van der Waals surface area contributed by atoms with E-state index in [9.17, 15) is 0 Å². The summed E-state index contributed by atoms with van der Waals surface area (Å²) in [7, 11) is 0. The summed E-state index contributed by atoms with van der Waals surface area (Å²) in [6.45, 7) is 4.16. The van der Waals surface area contributed by atoms with Gasteiger partial charge in [0.1, 0.15) is 0 Å². The van der Waals surface area contributed by atoms with E-state index in [-0.39, 0.29) is 0 Å². The van der Waals surface area contributed by atoms with Gasteiger partial charge < -0.3 is 4.74 Å². The Morgan fingerprint density at radius 1 is 1.20 bits per heavy atom. The molecular formula is C14H18O. The average Bonchev–Trinajstić information content (AvgIpc) is 2.67. The molecule has 1 heteroatoms. The number of hydrogen-bond donors (Lipinski definition) is 0. The van der Waals surface area contributed by atoms with Crippen LogP contribution in [-0.4, -0.2) is 6.10 Å². The molecule has 0 aromatic heterocycles. The largest absolute Gasteiger partial charge is 0.496 e. The third kappa shape index (κ3) is 2.62. The Kier molecular flexibility index (Phi) is 3.10. The molecule has 0 saturated heterocycles. The van der Waals surface area contributed by atoms with Crippen LogP contribution < -0.4 is 0 Å². The minimum Gasteiger partial charge on any atom is -0.496 e. The molecule has 1 atom stereocenters. The van der Waals surface area contributed by atoms with Crippen LogP contribution in [0.2, 0.25) is 0 Å². The van der Waals surface area contributed by atoms with Crippen molar-refractivity contribution in [2.75, 3.05) is 0 Å². The quantitative estimate of drug-likeness (QED) is 0.723. The van der Waals surface area contributed by atoms with E-state index in [1.165, 1.54) is 11.3 Å². The topological polar surface area (TPSA) is 9.23 Å². The molecule has 1 unspecified atom stereocenters. The molecule has 0 aliphatic heterocycles. The van der Waals surface area contributed by atoms with Crippen molar-refractivity contribution in [1.29, 1.82) is 0 Å². The smallest absolute Gasteiger partial charge is 0.0930 e. The molecule has 1 aliphatic carbocycles. The SMILES string of the molecule is CC(C)OC1=CCC(c2ccccc2)C1. The van der Waals surface area contributed by atoms with Crippen molar-refractivity contribution < 1.29 is 4.74 Å². The van der Waals surface area contributed by atoms with Crippen molar-refractivity contribution in [3.8, 4) is 0 Å². The number of rotatable bonds is 3. The summed E-state index contributed by atoms with van der Waals surface area (Å²) in [5.41, 5.74) is 1.43. The summed E-state index contributed by atoms with van der Waals surface area (Å²) in [6.07, 6.45) is 4.71. The average molecular weight is 202 g/mol. The second-order valence-corrected chi connectivity index (χ2v) is 4.38. The van der Waals surface area contributed by atoms with E-state index in [1.54, 1.807) is 0 Å². The lowest BCUT2D eigenvalue weighted by Crippen LogP contribution is -2.02. The van der Waals surface area contributed by atoms with Crippen molar-refractivity contribution in [3.05, 3.63) is 47.7 Å². The number of allylic oxidation sites excluding steroid dienone is 2. The lowest BCUT2D eigenvalue weighted by molar-refractivity contribution is 0.141. The molecule has 0 fully saturated rings. The standard InChI is InChI=1S/C14H18O/c1-11(2)15-14-9-8-13(10-14)12-6-4-3-5-7-12/h3-7,9,11,13H,8,10H2,1-2H3. The van der Waals surface area contributed by atoms with Crippen LogP contribution in [0.1, 0.15) is 38.2 Å². The second kappa shape index (κ2) is 4.52. The third-order valence-corrected chi connectivity index (χ3v) is 2.74. The van der Waals surface area contributed by atoms with Gasteiger partial charge in [-0.25, -0.2) is 0 Å². The van der Waals surface area contributed by atoms with Crippen LogP contribution in [0.25, 0.3) is 0 Å². The van der Waals surface area contributed by atoms with Gasteiger partial charge in [-0.05, 0) is 37.8 Å². The predicted octanol–water partition coefficient (Wildman–Crippen LogP) is 3.87. The van der Waals surface area contributed by atoms with Crippen LogP contribution in [0.4, 0.5) is 0 Å². The molecule has 0 N–H and O–H groups in total. The maximum absolute atomic E-state index is 5.72. The predicted molar refractivity (Wildman–Crippen MR) is 62.7 cm³/mol. The molecule has 15 heavy (non-hydrogen) atoms. The Morgan fingerprint density at radius 3 is 2.60 bits per heavy atom. The van der Waals surface area contributed by atoms with E-state index < -0.39 is 0 Å². The molecule has 1 nitrogen and oxygen atoms in total. The van der Waals surface area contributed by atoms with Crippen molar-refractivity contribution in [2.24, 2.45) is 0 Å². The van der Waals surface area contributed by atoms with Crippen molar-refractivity contribution in [3.63, 3.8) is 0 Å². The molecule has 0 bridgehead atoms. The summed E-state index contributed by atoms with van der Waals surface area (Å²) < 4.78 is 5.72. The van der Waals surface area contributed by atoms with Gasteiger partial charge in [-0.2, -0.15) is 0 Å². The maximum atomic E-state index is 5.72. The highest BCUT2D eigenvalue weighted by molar-refractivity contribution is 5.24. The van der Waals surface area contributed by atoms with Gasteiger partial charge in [-0.1, -0.05) is 30.3 Å². The third-order valence-electron chi connectivity index (χ3n) is 2.74. The van der Waals surface area contributed by atoms with Crippen molar-refractivity contribution >= 4 is 0 Å². The normalized spacial score (nSPS) is 20.5. The number of benzene rings is 1. The van der Waals surface area contributed by atoms with Crippen LogP contribution in [0, 0.1) is 0 Å². The van der Waals surface area contributed by atoms with Gasteiger partial charge in [0.2, 0.25) is 0 Å². The van der Waals surface area contributed by atoms with Crippen molar-refractivity contribution in [2.45, 2.75) is 38.7 Å². The zero-order chi connectivity index (χ0) is 10.7. The molecule has 1 aromatic carbocycles. The van der Waals surface area contributed by atoms with Crippen LogP contribution in [0.5, 0.6) is 0 Å². The number of ether oxygens (including phenoxy) is 1. The molecule has 2 rings (SSSR count). The Labute approximate surface area is 91.8 Å². The van der Waals surface area contributed by atoms with E-state index in [2.05, 4.69) is 50.3 Å². The van der Waals surface area contributed by atoms with Gasteiger partial charge >= 0.3 is 0 Å². The highest BCUT2D eigenvalue weighted by Crippen LogP contribution is 2.34. The Morgan fingerprint density at radius 2 is 1.93 bits per heavy atom. The first-order valence-electron chi connectivity index (χ1n) is 5.66. The first-order valence-corrected chi connectivity index (χ1v) is 5.66. The molecule has 0 spiro atoms. The molecule has 0 amide bonds. The highest BCUT2D eigenvalue weighted by atomic mass is 16.5. The summed E-state index contributed by atoms with van der Waals surface area (Å²) in [6, 6.07) is 10.7. The first-order chi connectivity index (χ1) is 7.25. The van der Waals surface area contributed by atoms with Gasteiger partial charge in [0, 0.05) is 6.42 Å². The van der Waals surface area contributed by atoms with Gasteiger partial charge in [0.25, 0.3) is 0 Å².